The summed E-state index contributed by atoms with van der Waals surface area (Å²) >= 11 is 13.2. The molecule has 0 atom stereocenters. The average molecular weight is 406 g/mol. The molecule has 6 nitrogen and oxygen atoms in total. The summed E-state index contributed by atoms with van der Waals surface area (Å²) in [6.45, 7) is 0. The van der Waals surface area contributed by atoms with Gasteiger partial charge in [-0.15, -0.1) is 0 Å². The van der Waals surface area contributed by atoms with Crippen molar-refractivity contribution in [2.45, 2.75) is 19.3 Å². The Labute approximate surface area is 160 Å². The van der Waals surface area contributed by atoms with Crippen LogP contribution in [-0.4, -0.2) is 21.2 Å². The normalized spacial score (nSPS) is 15.8. The zero-order chi connectivity index (χ0) is 18.2. The van der Waals surface area contributed by atoms with Crippen LogP contribution in [0.4, 0.5) is 5.69 Å². The van der Waals surface area contributed by atoms with Crippen molar-refractivity contribution in [3.63, 3.8) is 0 Å². The molecule has 0 fully saturated rings. The van der Waals surface area contributed by atoms with Crippen LogP contribution in [0.3, 0.4) is 0 Å². The van der Waals surface area contributed by atoms with Gasteiger partial charge in [-0.25, -0.2) is 14.3 Å². The van der Waals surface area contributed by atoms with E-state index in [2.05, 4.69) is 4.98 Å². The van der Waals surface area contributed by atoms with Crippen molar-refractivity contribution in [3.05, 3.63) is 60.4 Å². The molecule has 0 unspecified atom stereocenters. The van der Waals surface area contributed by atoms with E-state index in [1.54, 1.807) is 18.2 Å². The Kier molecular flexibility index (Phi) is 3.31. The first-order chi connectivity index (χ1) is 12.5. The van der Waals surface area contributed by atoms with E-state index in [0.717, 1.165) is 34.8 Å². The number of carbonyl (C=O) groups excluding carboxylic acids is 2. The molecule has 0 radical (unpaired) electrons. The fraction of sp³-hybridized carbons (Fsp3) is 0.176. The first-order valence-electron chi connectivity index (χ1n) is 7.89. The van der Waals surface area contributed by atoms with Gasteiger partial charge in [-0.3, -0.25) is 14.4 Å². The molecule has 26 heavy (non-hydrogen) atoms. The summed E-state index contributed by atoms with van der Waals surface area (Å²) < 4.78 is 1.27. The summed E-state index contributed by atoms with van der Waals surface area (Å²) in [6.07, 6.45) is 2.26. The number of benzene rings is 1. The van der Waals surface area contributed by atoms with Gasteiger partial charge in [-0.05, 0) is 31.4 Å². The quantitative estimate of drug-likeness (QED) is 0.581. The Bertz CT molecular complexity index is 1210. The van der Waals surface area contributed by atoms with Gasteiger partial charge in [0.05, 0.1) is 21.4 Å². The van der Waals surface area contributed by atoms with E-state index >= 15 is 0 Å². The van der Waals surface area contributed by atoms with E-state index in [9.17, 15) is 14.4 Å². The minimum absolute atomic E-state index is 0.0539. The standard InChI is InChI=1S/C17H9Cl2N3O3S/c18-8-4-2-6-10(11(8)19)21-15(24)12-13(16(21)25)26-17-20-9-5-1-3-7(9)14(23)22(12)17/h2,4,6H,1,3,5H2. The summed E-state index contributed by atoms with van der Waals surface area (Å²) in [7, 11) is 0. The summed E-state index contributed by atoms with van der Waals surface area (Å²) in [6, 6.07) is 4.72. The predicted molar refractivity (Wildman–Crippen MR) is 99.0 cm³/mol. The number of carbonyl (C=O) groups is 2. The molecule has 1 aromatic carbocycles. The van der Waals surface area contributed by atoms with Crippen LogP contribution in [0.15, 0.2) is 23.0 Å². The van der Waals surface area contributed by atoms with Crippen molar-refractivity contribution in [3.8, 4) is 0 Å². The number of thiazole rings is 1. The molecule has 1 aliphatic heterocycles. The summed E-state index contributed by atoms with van der Waals surface area (Å²) in [5.74, 6) is -1.12. The molecule has 0 saturated heterocycles. The van der Waals surface area contributed by atoms with E-state index in [1.165, 1.54) is 4.40 Å². The highest BCUT2D eigenvalue weighted by Crippen LogP contribution is 2.39. The molecular weight excluding hydrogens is 397 g/mol. The number of imide groups is 1. The topological polar surface area (TPSA) is 71.7 Å². The maximum Gasteiger partial charge on any atom is 0.284 e. The van der Waals surface area contributed by atoms with Crippen LogP contribution in [0.1, 0.15) is 37.8 Å². The number of anilines is 1. The Morgan fingerprint density at radius 1 is 1.08 bits per heavy atom. The van der Waals surface area contributed by atoms with Crippen molar-refractivity contribution >= 4 is 57.0 Å². The van der Waals surface area contributed by atoms with Crippen LogP contribution >= 0.6 is 34.5 Å². The van der Waals surface area contributed by atoms with E-state index in [0.29, 0.717) is 16.9 Å². The number of nitrogens with zero attached hydrogens (tertiary/aromatic N) is 3. The first kappa shape index (κ1) is 16.0. The second-order valence-corrected chi connectivity index (χ2v) is 7.87. The van der Waals surface area contributed by atoms with Crippen LogP contribution < -0.4 is 10.5 Å². The van der Waals surface area contributed by atoms with Gasteiger partial charge in [0.1, 0.15) is 10.6 Å². The Morgan fingerprint density at radius 2 is 1.88 bits per heavy atom. The van der Waals surface area contributed by atoms with Crippen molar-refractivity contribution in [2.75, 3.05) is 4.90 Å². The molecule has 3 aromatic rings. The lowest BCUT2D eigenvalue weighted by atomic mass is 10.2. The van der Waals surface area contributed by atoms with Gasteiger partial charge >= 0.3 is 0 Å². The van der Waals surface area contributed by atoms with Crippen LogP contribution in [0.5, 0.6) is 0 Å². The van der Waals surface area contributed by atoms with Crippen LogP contribution in [0.2, 0.25) is 10.0 Å². The highest BCUT2D eigenvalue weighted by molar-refractivity contribution is 7.19. The van der Waals surface area contributed by atoms with Crippen LogP contribution in [0.25, 0.3) is 4.96 Å². The maximum atomic E-state index is 13.0. The molecule has 1 aliphatic carbocycles. The number of aromatic nitrogens is 2. The van der Waals surface area contributed by atoms with Crippen molar-refractivity contribution < 1.29 is 9.59 Å². The highest BCUT2D eigenvalue weighted by atomic mass is 35.5. The molecule has 0 bridgehead atoms. The Hall–Kier alpha value is -2.22. The molecule has 3 heterocycles. The second kappa shape index (κ2) is 5.39. The zero-order valence-electron chi connectivity index (χ0n) is 13.1. The maximum absolute atomic E-state index is 13.0. The van der Waals surface area contributed by atoms with E-state index in [1.807, 2.05) is 0 Å². The molecule has 0 N–H and O–H groups in total. The molecule has 2 aliphatic rings. The lowest BCUT2D eigenvalue weighted by Crippen LogP contribution is -2.31. The Morgan fingerprint density at radius 3 is 2.69 bits per heavy atom. The number of fused-ring (bicyclic) bond motifs is 4. The second-order valence-electron chi connectivity index (χ2n) is 6.11. The molecule has 9 heteroatoms. The number of amides is 2. The summed E-state index contributed by atoms with van der Waals surface area (Å²) in [4.78, 5) is 44.8. The minimum atomic E-state index is -0.595. The summed E-state index contributed by atoms with van der Waals surface area (Å²) in [5.41, 5.74) is 1.39. The largest absolute Gasteiger partial charge is 0.284 e. The zero-order valence-corrected chi connectivity index (χ0v) is 15.4. The monoisotopic (exact) mass is 405 g/mol. The van der Waals surface area contributed by atoms with Crippen molar-refractivity contribution in [2.24, 2.45) is 0 Å². The molecular formula is C17H9Cl2N3O3S. The molecule has 5 rings (SSSR count). The van der Waals surface area contributed by atoms with Gasteiger partial charge in [-0.2, -0.15) is 0 Å². The predicted octanol–water partition coefficient (Wildman–Crippen LogP) is 3.35. The van der Waals surface area contributed by atoms with E-state index < -0.39 is 11.8 Å². The molecule has 0 spiro atoms. The highest BCUT2D eigenvalue weighted by Gasteiger charge is 2.43. The van der Waals surface area contributed by atoms with Gasteiger partial charge in [0.2, 0.25) is 0 Å². The molecule has 0 saturated carbocycles. The summed E-state index contributed by atoms with van der Waals surface area (Å²) in [5, 5.41) is 0.350. The number of rotatable bonds is 1. The SMILES string of the molecule is O=C1c2sc3nc4c(c(=O)n3c2C(=O)N1c1cccc(Cl)c1Cl)CCC4. The van der Waals surface area contributed by atoms with Gasteiger partial charge in [0.25, 0.3) is 17.4 Å². The third-order valence-electron chi connectivity index (χ3n) is 4.68. The lowest BCUT2D eigenvalue weighted by Gasteiger charge is -2.16. The fourth-order valence-corrected chi connectivity index (χ4v) is 4.93. The van der Waals surface area contributed by atoms with Gasteiger partial charge in [-0.1, -0.05) is 40.6 Å². The average Bonchev–Trinajstić information content (AvgIpc) is 3.28. The van der Waals surface area contributed by atoms with E-state index in [4.69, 9.17) is 23.2 Å². The molecule has 2 amide bonds. The third-order valence-corrected chi connectivity index (χ3v) is 6.52. The molecule has 2 aromatic heterocycles. The van der Waals surface area contributed by atoms with Crippen molar-refractivity contribution in [1.82, 2.24) is 9.38 Å². The fourth-order valence-electron chi connectivity index (χ4n) is 3.50. The Balaban J connectivity index is 1.76. The number of hydrogen-bond donors (Lipinski definition) is 0. The minimum Gasteiger partial charge on any atom is -0.269 e. The third kappa shape index (κ3) is 1.93. The van der Waals surface area contributed by atoms with Gasteiger partial charge < -0.3 is 0 Å². The first-order valence-corrected chi connectivity index (χ1v) is 9.46. The van der Waals surface area contributed by atoms with Crippen LogP contribution in [0, 0.1) is 0 Å². The lowest BCUT2D eigenvalue weighted by molar-refractivity contribution is 0.0925. The number of hydrogen-bond acceptors (Lipinski definition) is 5. The number of aryl methyl sites for hydroxylation is 1. The van der Waals surface area contributed by atoms with E-state index in [-0.39, 0.29) is 31.9 Å². The van der Waals surface area contributed by atoms with Gasteiger partial charge in [0.15, 0.2) is 4.96 Å². The van der Waals surface area contributed by atoms with Gasteiger partial charge in [0, 0.05) is 5.56 Å². The molecule has 130 valence electrons. The smallest absolute Gasteiger partial charge is 0.269 e. The number of halogens is 2. The van der Waals surface area contributed by atoms with Crippen molar-refractivity contribution in [1.29, 1.82) is 0 Å². The van der Waals surface area contributed by atoms with Crippen LogP contribution in [-0.2, 0) is 12.8 Å².